The minimum Gasteiger partial charge on any atom is -0.385 e. The smallest absolute Gasteiger partial charge is 0.116 e. The van der Waals surface area contributed by atoms with Gasteiger partial charge >= 0.3 is 0 Å². The van der Waals surface area contributed by atoms with Gasteiger partial charge in [-0.3, -0.25) is 0 Å². The van der Waals surface area contributed by atoms with Crippen LogP contribution in [0.3, 0.4) is 0 Å². The molecule has 11 heavy (non-hydrogen) atoms. The van der Waals surface area contributed by atoms with Crippen LogP contribution in [0.15, 0.2) is 0 Å². The molecule has 0 aromatic carbocycles. The first-order chi connectivity index (χ1) is 5.31. The third-order valence-corrected chi connectivity index (χ3v) is 1.10. The lowest BCUT2D eigenvalue weighted by Crippen LogP contribution is -2.24. The minimum absolute atomic E-state index is 0.306. The second-order valence-electron chi connectivity index (χ2n) is 2.16. The Hall–Kier alpha value is -0.630. The fourth-order valence-corrected chi connectivity index (χ4v) is 0.553. The molecule has 0 saturated carbocycles. The van der Waals surface area contributed by atoms with Gasteiger partial charge in [-0.2, -0.15) is 5.26 Å². The Kier molecular flexibility index (Phi) is 7.05. The van der Waals surface area contributed by atoms with Crippen molar-refractivity contribution in [3.8, 4) is 6.07 Å². The molecule has 1 atom stereocenters. The quantitative estimate of drug-likeness (QED) is 0.548. The van der Waals surface area contributed by atoms with Crippen molar-refractivity contribution in [2.75, 3.05) is 26.9 Å². The summed E-state index contributed by atoms with van der Waals surface area (Å²) in [6.07, 6.45) is 0.842. The Labute approximate surface area is 66.9 Å². The first kappa shape index (κ1) is 10.4. The molecule has 2 N–H and O–H groups in total. The zero-order valence-electron chi connectivity index (χ0n) is 6.75. The number of rotatable bonds is 6. The van der Waals surface area contributed by atoms with E-state index in [4.69, 9.17) is 20.5 Å². The number of nitrogens with zero attached hydrogens (tertiary/aromatic N) is 1. The van der Waals surface area contributed by atoms with Crippen molar-refractivity contribution < 1.29 is 9.47 Å². The molecule has 4 nitrogen and oxygen atoms in total. The molecule has 0 saturated heterocycles. The van der Waals surface area contributed by atoms with Gasteiger partial charge in [-0.05, 0) is 6.42 Å². The van der Waals surface area contributed by atoms with Crippen molar-refractivity contribution >= 4 is 0 Å². The topological polar surface area (TPSA) is 68.3 Å². The van der Waals surface area contributed by atoms with Gasteiger partial charge in [0.25, 0.3) is 0 Å². The van der Waals surface area contributed by atoms with Crippen LogP contribution in [-0.4, -0.2) is 33.0 Å². The van der Waals surface area contributed by atoms with Crippen LogP contribution in [0.2, 0.25) is 0 Å². The zero-order valence-corrected chi connectivity index (χ0v) is 6.75. The highest BCUT2D eigenvalue weighted by atomic mass is 16.5. The lowest BCUT2D eigenvalue weighted by molar-refractivity contribution is 0.101. The van der Waals surface area contributed by atoms with E-state index in [-0.39, 0.29) is 0 Å². The van der Waals surface area contributed by atoms with E-state index in [9.17, 15) is 0 Å². The Balaban J connectivity index is 2.97. The van der Waals surface area contributed by atoms with Crippen molar-refractivity contribution in [2.45, 2.75) is 12.5 Å². The lowest BCUT2D eigenvalue weighted by atomic mass is 10.4. The second kappa shape index (κ2) is 7.48. The van der Waals surface area contributed by atoms with E-state index in [1.807, 2.05) is 6.07 Å². The molecule has 0 aliphatic carbocycles. The Morgan fingerprint density at radius 1 is 1.55 bits per heavy atom. The van der Waals surface area contributed by atoms with Crippen molar-refractivity contribution in [2.24, 2.45) is 5.73 Å². The zero-order chi connectivity index (χ0) is 8.53. The predicted molar refractivity (Wildman–Crippen MR) is 40.9 cm³/mol. The molecule has 4 heteroatoms. The van der Waals surface area contributed by atoms with Crippen LogP contribution >= 0.6 is 0 Å². The van der Waals surface area contributed by atoms with E-state index >= 15 is 0 Å². The van der Waals surface area contributed by atoms with Gasteiger partial charge in [-0.1, -0.05) is 0 Å². The predicted octanol–water partition coefficient (Wildman–Crippen LogP) is -0.110. The van der Waals surface area contributed by atoms with Gasteiger partial charge in [-0.25, -0.2) is 0 Å². The molecular weight excluding hydrogens is 144 g/mol. The Morgan fingerprint density at radius 2 is 2.27 bits per heavy atom. The van der Waals surface area contributed by atoms with Gasteiger partial charge in [0.05, 0.1) is 12.7 Å². The standard InChI is InChI=1S/C7H14N2O2/c1-10-3-2-4-11-6-7(9)5-8/h7H,2-4,6,9H2,1H3. The van der Waals surface area contributed by atoms with Crippen molar-refractivity contribution in [1.82, 2.24) is 0 Å². The summed E-state index contributed by atoms with van der Waals surface area (Å²) in [5, 5.41) is 8.26. The highest BCUT2D eigenvalue weighted by Crippen LogP contribution is 1.84. The Morgan fingerprint density at radius 3 is 2.82 bits per heavy atom. The highest BCUT2D eigenvalue weighted by Gasteiger charge is 1.97. The van der Waals surface area contributed by atoms with E-state index in [0.29, 0.717) is 19.8 Å². The molecule has 0 spiro atoms. The molecule has 0 heterocycles. The van der Waals surface area contributed by atoms with Gasteiger partial charge in [-0.15, -0.1) is 0 Å². The minimum atomic E-state index is -0.502. The van der Waals surface area contributed by atoms with E-state index in [1.54, 1.807) is 7.11 Å². The summed E-state index contributed by atoms with van der Waals surface area (Å²) < 4.78 is 9.86. The van der Waals surface area contributed by atoms with Gasteiger partial charge in [0.15, 0.2) is 0 Å². The van der Waals surface area contributed by atoms with Gasteiger partial charge in [0, 0.05) is 20.3 Å². The van der Waals surface area contributed by atoms with E-state index < -0.39 is 6.04 Å². The summed E-state index contributed by atoms with van der Waals surface area (Å²) in [4.78, 5) is 0. The van der Waals surface area contributed by atoms with E-state index in [1.165, 1.54) is 0 Å². The van der Waals surface area contributed by atoms with Crippen molar-refractivity contribution in [1.29, 1.82) is 5.26 Å². The third kappa shape index (κ3) is 7.26. The molecule has 64 valence electrons. The van der Waals surface area contributed by atoms with Crippen LogP contribution in [0, 0.1) is 11.3 Å². The van der Waals surface area contributed by atoms with Crippen molar-refractivity contribution in [3.63, 3.8) is 0 Å². The molecule has 1 unspecified atom stereocenters. The monoisotopic (exact) mass is 158 g/mol. The molecule has 0 radical (unpaired) electrons. The molecule has 0 aliphatic heterocycles. The first-order valence-corrected chi connectivity index (χ1v) is 3.53. The molecule has 0 aliphatic rings. The fraction of sp³-hybridized carbons (Fsp3) is 0.857. The SMILES string of the molecule is COCCCOCC(N)C#N. The summed E-state index contributed by atoms with van der Waals surface area (Å²) in [6.45, 7) is 1.59. The normalized spacial score (nSPS) is 12.5. The molecule has 0 bridgehead atoms. The highest BCUT2D eigenvalue weighted by molar-refractivity contribution is 4.85. The average molecular weight is 158 g/mol. The molecule has 0 aromatic rings. The number of nitriles is 1. The fourth-order valence-electron chi connectivity index (χ4n) is 0.553. The van der Waals surface area contributed by atoms with Crippen LogP contribution in [-0.2, 0) is 9.47 Å². The van der Waals surface area contributed by atoms with Crippen LogP contribution in [0.1, 0.15) is 6.42 Å². The second-order valence-corrected chi connectivity index (χ2v) is 2.16. The maximum absolute atomic E-state index is 8.26. The summed E-state index contributed by atoms with van der Waals surface area (Å²) in [7, 11) is 1.64. The number of hydrogen-bond donors (Lipinski definition) is 1. The third-order valence-electron chi connectivity index (χ3n) is 1.10. The van der Waals surface area contributed by atoms with Gasteiger partial charge in [0.2, 0.25) is 0 Å². The van der Waals surface area contributed by atoms with Crippen LogP contribution in [0.25, 0.3) is 0 Å². The molecule has 0 rings (SSSR count). The van der Waals surface area contributed by atoms with Crippen LogP contribution in [0.5, 0.6) is 0 Å². The van der Waals surface area contributed by atoms with Gasteiger partial charge in [0.1, 0.15) is 6.04 Å². The summed E-state index contributed by atoms with van der Waals surface area (Å²) >= 11 is 0. The number of hydrogen-bond acceptors (Lipinski definition) is 4. The lowest BCUT2D eigenvalue weighted by Gasteiger charge is -2.03. The van der Waals surface area contributed by atoms with Crippen molar-refractivity contribution in [3.05, 3.63) is 0 Å². The summed E-state index contributed by atoms with van der Waals surface area (Å²) in [6, 6.07) is 1.38. The molecular formula is C7H14N2O2. The maximum Gasteiger partial charge on any atom is 0.116 e. The maximum atomic E-state index is 8.26. The largest absolute Gasteiger partial charge is 0.385 e. The van der Waals surface area contributed by atoms with Crippen LogP contribution < -0.4 is 5.73 Å². The Bertz CT molecular complexity index is 122. The molecule has 0 aromatic heterocycles. The van der Waals surface area contributed by atoms with E-state index in [2.05, 4.69) is 0 Å². The summed E-state index contributed by atoms with van der Waals surface area (Å²) in [5.74, 6) is 0. The number of ether oxygens (including phenoxy) is 2. The van der Waals surface area contributed by atoms with E-state index in [0.717, 1.165) is 6.42 Å². The number of methoxy groups -OCH3 is 1. The first-order valence-electron chi connectivity index (χ1n) is 3.53. The number of nitrogens with two attached hydrogens (primary N) is 1. The van der Waals surface area contributed by atoms with Gasteiger partial charge < -0.3 is 15.2 Å². The molecule has 0 amide bonds. The average Bonchev–Trinajstić information content (AvgIpc) is 2.04. The summed E-state index contributed by atoms with van der Waals surface area (Å²) in [5.41, 5.74) is 5.27. The molecule has 0 fully saturated rings. The van der Waals surface area contributed by atoms with Crippen LogP contribution in [0.4, 0.5) is 0 Å².